The molecule has 1 aliphatic carbocycles. The minimum absolute atomic E-state index is 0.0503. The molecule has 1 aromatic heterocycles. The van der Waals surface area contributed by atoms with Crippen LogP contribution >= 0.6 is 11.6 Å². The molecular weight excluding hydrogens is 373 g/mol. The van der Waals surface area contributed by atoms with Crippen LogP contribution in [0.15, 0.2) is 22.6 Å². The molecule has 0 spiro atoms. The molecule has 0 saturated heterocycles. The Kier molecular flexibility index (Phi) is 5.69. The number of nitrogens with zero attached hydrogens (tertiary/aromatic N) is 2. The van der Waals surface area contributed by atoms with E-state index < -0.39 is 17.5 Å². The van der Waals surface area contributed by atoms with Gasteiger partial charge < -0.3 is 14.5 Å². The van der Waals surface area contributed by atoms with Crippen LogP contribution in [-0.2, 0) is 4.74 Å². The fourth-order valence-electron chi connectivity index (χ4n) is 3.10. The van der Waals surface area contributed by atoms with Crippen molar-refractivity contribution in [1.29, 1.82) is 0 Å². The van der Waals surface area contributed by atoms with Gasteiger partial charge in [0.25, 0.3) is 0 Å². The lowest BCUT2D eigenvalue weighted by Gasteiger charge is -2.28. The molecule has 1 fully saturated rings. The molecule has 0 radical (unpaired) electrons. The van der Waals surface area contributed by atoms with Gasteiger partial charge in [0.1, 0.15) is 11.4 Å². The van der Waals surface area contributed by atoms with Crippen molar-refractivity contribution in [1.82, 2.24) is 15.5 Å². The second-order valence-electron chi connectivity index (χ2n) is 7.77. The average Bonchev–Trinajstić information content (AvgIpc) is 3.06. The van der Waals surface area contributed by atoms with E-state index in [1.54, 1.807) is 6.07 Å². The van der Waals surface area contributed by atoms with E-state index >= 15 is 0 Å². The van der Waals surface area contributed by atoms with E-state index in [4.69, 9.17) is 20.8 Å². The highest BCUT2D eigenvalue weighted by Gasteiger charge is 2.28. The van der Waals surface area contributed by atoms with Gasteiger partial charge in [0.05, 0.1) is 5.02 Å². The smallest absolute Gasteiger partial charge is 0.407 e. The normalized spacial score (nSPS) is 20.3. The number of alkyl carbamates (subject to hydrolysis) is 1. The molecule has 1 heterocycles. The summed E-state index contributed by atoms with van der Waals surface area (Å²) < 4.78 is 24.6. The number of nitrogens with one attached hydrogen (secondary N) is 1. The molecule has 0 unspecified atom stereocenters. The predicted octanol–water partition coefficient (Wildman–Crippen LogP) is 5.08. The highest BCUT2D eigenvalue weighted by molar-refractivity contribution is 6.30. The van der Waals surface area contributed by atoms with Gasteiger partial charge in [0, 0.05) is 17.5 Å². The number of benzene rings is 1. The third kappa shape index (κ3) is 5.19. The lowest BCUT2D eigenvalue weighted by atomic mass is 9.86. The molecule has 8 heteroatoms. The molecule has 3 rings (SSSR count). The summed E-state index contributed by atoms with van der Waals surface area (Å²) in [7, 11) is 0. The van der Waals surface area contributed by atoms with Crippen molar-refractivity contribution in [2.45, 2.75) is 64.0 Å². The fourth-order valence-corrected chi connectivity index (χ4v) is 3.22. The summed E-state index contributed by atoms with van der Waals surface area (Å²) in [6.07, 6.45) is 2.85. The topological polar surface area (TPSA) is 77.2 Å². The van der Waals surface area contributed by atoms with E-state index in [1.807, 2.05) is 20.8 Å². The number of aromatic nitrogens is 2. The molecule has 27 heavy (non-hydrogen) atoms. The number of amides is 1. The second-order valence-corrected chi connectivity index (χ2v) is 8.18. The Morgan fingerprint density at radius 2 is 1.96 bits per heavy atom. The highest BCUT2D eigenvalue weighted by atomic mass is 35.5. The Labute approximate surface area is 162 Å². The number of rotatable bonds is 3. The van der Waals surface area contributed by atoms with Gasteiger partial charge in [-0.3, -0.25) is 0 Å². The molecule has 146 valence electrons. The van der Waals surface area contributed by atoms with Crippen LogP contribution in [0.25, 0.3) is 11.5 Å². The molecule has 0 aliphatic heterocycles. The van der Waals surface area contributed by atoms with E-state index in [0.29, 0.717) is 11.5 Å². The van der Waals surface area contributed by atoms with Gasteiger partial charge in [-0.2, -0.15) is 0 Å². The van der Waals surface area contributed by atoms with Gasteiger partial charge in [-0.15, -0.1) is 10.2 Å². The minimum Gasteiger partial charge on any atom is -0.444 e. The van der Waals surface area contributed by atoms with Gasteiger partial charge in [-0.05, 0) is 64.7 Å². The van der Waals surface area contributed by atoms with Gasteiger partial charge in [0.2, 0.25) is 11.8 Å². The molecular formula is C19H23ClFN3O3. The maximum atomic E-state index is 13.6. The van der Waals surface area contributed by atoms with Crippen LogP contribution in [0.5, 0.6) is 0 Å². The second kappa shape index (κ2) is 7.84. The maximum absolute atomic E-state index is 13.6. The van der Waals surface area contributed by atoms with Crippen LogP contribution in [0.3, 0.4) is 0 Å². The number of hydrogen-bond donors (Lipinski definition) is 1. The van der Waals surface area contributed by atoms with Crippen LogP contribution in [0.1, 0.15) is 58.3 Å². The van der Waals surface area contributed by atoms with E-state index in [1.165, 1.54) is 12.1 Å². The first kappa shape index (κ1) is 19.6. The van der Waals surface area contributed by atoms with Gasteiger partial charge in [0.15, 0.2) is 0 Å². The van der Waals surface area contributed by atoms with Gasteiger partial charge in [-0.1, -0.05) is 11.6 Å². The molecule has 1 aliphatic rings. The Hall–Kier alpha value is -2.15. The number of hydrogen-bond acceptors (Lipinski definition) is 5. The minimum atomic E-state index is -0.525. The number of carbonyl (C=O) groups excluding carboxylic acids is 1. The van der Waals surface area contributed by atoms with E-state index in [-0.39, 0.29) is 22.9 Å². The van der Waals surface area contributed by atoms with Crippen molar-refractivity contribution in [2.75, 3.05) is 0 Å². The zero-order valence-electron chi connectivity index (χ0n) is 15.6. The molecule has 1 N–H and O–H groups in total. The van der Waals surface area contributed by atoms with Gasteiger partial charge in [-0.25, -0.2) is 9.18 Å². The zero-order chi connectivity index (χ0) is 19.6. The quantitative estimate of drug-likeness (QED) is 0.784. The van der Waals surface area contributed by atoms with Crippen molar-refractivity contribution in [3.8, 4) is 11.5 Å². The standard InChI is InChI=1S/C19H23ClFN3O3/c1-19(2,3)27-18(25)22-13-7-4-11(5-8-13)16-23-24-17(26-16)12-6-9-14(20)15(21)10-12/h6,9-11,13H,4-5,7-8H2,1-3H3,(H,22,25)/t11-,13-. The first-order chi connectivity index (χ1) is 12.7. The summed E-state index contributed by atoms with van der Waals surface area (Å²) in [5, 5.41) is 11.1. The van der Waals surface area contributed by atoms with Crippen molar-refractivity contribution in [2.24, 2.45) is 0 Å². The summed E-state index contributed by atoms with van der Waals surface area (Å²) in [5.41, 5.74) is -0.0151. The Balaban J connectivity index is 1.56. The third-order valence-electron chi connectivity index (χ3n) is 4.40. The zero-order valence-corrected chi connectivity index (χ0v) is 16.3. The van der Waals surface area contributed by atoms with Crippen LogP contribution in [0.2, 0.25) is 5.02 Å². The molecule has 6 nitrogen and oxygen atoms in total. The van der Waals surface area contributed by atoms with Crippen LogP contribution in [0, 0.1) is 5.82 Å². The van der Waals surface area contributed by atoms with E-state index in [2.05, 4.69) is 15.5 Å². The van der Waals surface area contributed by atoms with Crippen molar-refractivity contribution in [3.63, 3.8) is 0 Å². The molecule has 1 saturated carbocycles. The lowest BCUT2D eigenvalue weighted by Crippen LogP contribution is -2.40. The van der Waals surface area contributed by atoms with Gasteiger partial charge >= 0.3 is 6.09 Å². The van der Waals surface area contributed by atoms with Crippen molar-refractivity contribution in [3.05, 3.63) is 34.9 Å². The SMILES string of the molecule is CC(C)(C)OC(=O)N[C@H]1CC[C@H](c2nnc(-c3ccc(Cl)c(F)c3)o2)CC1. The predicted molar refractivity (Wildman–Crippen MR) is 99.1 cm³/mol. The van der Waals surface area contributed by atoms with Crippen molar-refractivity contribution >= 4 is 17.7 Å². The summed E-state index contributed by atoms with van der Waals surface area (Å²) in [5.74, 6) is 0.411. The summed E-state index contributed by atoms with van der Waals surface area (Å²) >= 11 is 5.70. The first-order valence-electron chi connectivity index (χ1n) is 8.99. The van der Waals surface area contributed by atoms with E-state index in [0.717, 1.165) is 25.7 Å². The lowest BCUT2D eigenvalue weighted by molar-refractivity contribution is 0.0490. The molecule has 1 aromatic carbocycles. The van der Waals surface area contributed by atoms with Crippen molar-refractivity contribution < 1.29 is 18.3 Å². The third-order valence-corrected chi connectivity index (χ3v) is 4.71. The number of ether oxygens (including phenoxy) is 1. The number of carbonyl (C=O) groups is 1. The summed E-state index contributed by atoms with van der Waals surface area (Å²) in [4.78, 5) is 11.9. The summed E-state index contributed by atoms with van der Waals surface area (Å²) in [6.45, 7) is 5.51. The first-order valence-corrected chi connectivity index (χ1v) is 9.37. The largest absolute Gasteiger partial charge is 0.444 e. The average molecular weight is 396 g/mol. The highest BCUT2D eigenvalue weighted by Crippen LogP contribution is 2.34. The maximum Gasteiger partial charge on any atom is 0.407 e. The summed E-state index contributed by atoms with van der Waals surface area (Å²) in [6, 6.07) is 4.46. The fraction of sp³-hybridized carbons (Fsp3) is 0.526. The molecule has 0 bridgehead atoms. The Bertz CT molecular complexity index is 811. The molecule has 0 atom stereocenters. The van der Waals surface area contributed by atoms with Crippen LogP contribution in [0.4, 0.5) is 9.18 Å². The van der Waals surface area contributed by atoms with Crippen LogP contribution < -0.4 is 5.32 Å². The Morgan fingerprint density at radius 3 is 2.59 bits per heavy atom. The van der Waals surface area contributed by atoms with E-state index in [9.17, 15) is 9.18 Å². The van der Waals surface area contributed by atoms with Crippen LogP contribution in [-0.4, -0.2) is 27.9 Å². The number of halogens is 2. The Morgan fingerprint density at radius 1 is 1.26 bits per heavy atom. The molecule has 1 amide bonds. The monoisotopic (exact) mass is 395 g/mol. The molecule has 2 aromatic rings.